The SMILES string of the molecule is C=C/C=C/CC(=O)OC.[C-]#[O+].[C-]#[O+].[C-]#[O+].[Fe]. The molecule has 0 aromatic rings. The van der Waals surface area contributed by atoms with Crippen LogP contribution in [0, 0.1) is 20.0 Å². The third-order valence-electron chi connectivity index (χ3n) is 0.784. The number of esters is 1. The van der Waals surface area contributed by atoms with Gasteiger partial charge in [0.15, 0.2) is 0 Å². The van der Waals surface area contributed by atoms with Gasteiger partial charge in [0.2, 0.25) is 0 Å². The van der Waals surface area contributed by atoms with E-state index in [0.717, 1.165) is 0 Å². The Labute approximate surface area is 105 Å². The van der Waals surface area contributed by atoms with Gasteiger partial charge in [-0.1, -0.05) is 24.8 Å². The van der Waals surface area contributed by atoms with Gasteiger partial charge in [-0.15, -0.1) is 0 Å². The summed E-state index contributed by atoms with van der Waals surface area (Å²) >= 11 is 0. The minimum atomic E-state index is -0.229. The molecule has 0 aromatic heterocycles. The van der Waals surface area contributed by atoms with Crippen molar-refractivity contribution < 1.29 is 40.6 Å². The molecule has 0 unspecified atom stereocenters. The molecule has 0 rings (SSSR count). The van der Waals surface area contributed by atoms with Crippen LogP contribution in [0.5, 0.6) is 0 Å². The second-order valence-electron chi connectivity index (χ2n) is 1.44. The second kappa shape index (κ2) is 49.3. The van der Waals surface area contributed by atoms with Crippen molar-refractivity contribution in [3.05, 3.63) is 44.8 Å². The van der Waals surface area contributed by atoms with Crippen LogP contribution in [-0.2, 0) is 40.6 Å². The van der Waals surface area contributed by atoms with Gasteiger partial charge in [-0.3, -0.25) is 4.79 Å². The molecule has 0 amide bonds. The Morgan fingerprint density at radius 3 is 1.88 bits per heavy atom. The van der Waals surface area contributed by atoms with Crippen molar-refractivity contribution in [3.8, 4) is 0 Å². The van der Waals surface area contributed by atoms with Gasteiger partial charge >= 0.3 is 39.9 Å². The predicted octanol–water partition coefficient (Wildman–Crippen LogP) is 1.18. The smallest absolute Gasteiger partial charge is 0 e. The molecule has 88 valence electrons. The molecule has 0 atom stereocenters. The molecule has 0 saturated heterocycles. The average Bonchev–Trinajstić information content (AvgIpc) is 2.36. The normalized spacial score (nSPS) is 5.69. The number of allylic oxidation sites excluding steroid dienone is 2. The van der Waals surface area contributed by atoms with E-state index in [0.29, 0.717) is 6.42 Å². The molecule has 0 aliphatic carbocycles. The van der Waals surface area contributed by atoms with Crippen LogP contribution in [0.2, 0.25) is 0 Å². The molecule has 0 spiro atoms. The van der Waals surface area contributed by atoms with Crippen molar-refractivity contribution in [1.82, 2.24) is 0 Å². The second-order valence-corrected chi connectivity index (χ2v) is 1.44. The Bertz CT molecular complexity index is 213. The molecule has 0 aliphatic rings. The summed E-state index contributed by atoms with van der Waals surface area (Å²) in [6.45, 7) is 16.9. The van der Waals surface area contributed by atoms with Crippen LogP contribution in [0.15, 0.2) is 24.8 Å². The Kier molecular flexibility index (Phi) is 90.3. The van der Waals surface area contributed by atoms with Crippen LogP contribution in [0.25, 0.3) is 0 Å². The van der Waals surface area contributed by atoms with Crippen LogP contribution in [0.1, 0.15) is 6.42 Å². The van der Waals surface area contributed by atoms with E-state index in [-0.39, 0.29) is 23.0 Å². The van der Waals surface area contributed by atoms with Crippen LogP contribution in [0.3, 0.4) is 0 Å². The van der Waals surface area contributed by atoms with E-state index in [1.165, 1.54) is 7.11 Å². The van der Waals surface area contributed by atoms with Gasteiger partial charge in [0.25, 0.3) is 0 Å². The maximum absolute atomic E-state index is 10.4. The van der Waals surface area contributed by atoms with Crippen molar-refractivity contribution >= 4 is 5.97 Å². The number of methoxy groups -OCH3 is 1. The van der Waals surface area contributed by atoms with E-state index >= 15 is 0 Å². The maximum atomic E-state index is 10.4. The largest absolute Gasteiger partial charge is 0 e. The average molecular weight is 266 g/mol. The molecular formula is C10H10FeO5. The van der Waals surface area contributed by atoms with Gasteiger partial charge in [0.05, 0.1) is 13.5 Å². The predicted molar refractivity (Wildman–Crippen MR) is 47.8 cm³/mol. The van der Waals surface area contributed by atoms with E-state index in [4.69, 9.17) is 14.0 Å². The van der Waals surface area contributed by atoms with E-state index in [2.05, 4.69) is 31.3 Å². The zero-order chi connectivity index (χ0) is 13.1. The van der Waals surface area contributed by atoms with Gasteiger partial charge in [-0.25, -0.2) is 0 Å². The summed E-state index contributed by atoms with van der Waals surface area (Å²) in [5, 5.41) is 0. The number of carbonyl (C=O) groups excluding carboxylic acids is 1. The van der Waals surface area contributed by atoms with Crippen LogP contribution < -0.4 is 0 Å². The number of carbonyl (C=O) groups is 1. The Hall–Kier alpha value is -1.31. The van der Waals surface area contributed by atoms with E-state index in [9.17, 15) is 4.79 Å². The van der Waals surface area contributed by atoms with Crippen molar-refractivity contribution in [2.45, 2.75) is 6.42 Å². The summed E-state index contributed by atoms with van der Waals surface area (Å²) in [6.07, 6.45) is 5.33. The van der Waals surface area contributed by atoms with Gasteiger partial charge in [-0.05, 0) is 0 Å². The van der Waals surface area contributed by atoms with Crippen molar-refractivity contribution in [2.24, 2.45) is 0 Å². The molecule has 0 aromatic carbocycles. The van der Waals surface area contributed by atoms with Crippen molar-refractivity contribution in [1.29, 1.82) is 0 Å². The zero-order valence-electron chi connectivity index (χ0n) is 8.54. The number of hydrogen-bond acceptors (Lipinski definition) is 2. The molecule has 5 nitrogen and oxygen atoms in total. The minimum absolute atomic E-state index is 0. The minimum Gasteiger partial charge on any atom is 0 e. The van der Waals surface area contributed by atoms with E-state index in [1.54, 1.807) is 18.2 Å². The monoisotopic (exact) mass is 266 g/mol. The van der Waals surface area contributed by atoms with Gasteiger partial charge in [0.1, 0.15) is 0 Å². The van der Waals surface area contributed by atoms with Crippen LogP contribution in [-0.4, -0.2) is 13.1 Å². The first-order chi connectivity index (χ1) is 7.31. The Morgan fingerprint density at radius 2 is 1.62 bits per heavy atom. The van der Waals surface area contributed by atoms with Crippen LogP contribution >= 0.6 is 0 Å². The fourth-order valence-electron chi connectivity index (χ4n) is 0.344. The standard InChI is InChI=1S/C7H10O2.3CO.Fe/c1-3-4-5-6-7(8)9-2;3*1-2;/h3-5H,1,6H2,2H3;;;;/b5-4+;;;;. The quantitative estimate of drug-likeness (QED) is 0.252. The molecule has 16 heavy (non-hydrogen) atoms. The molecule has 0 heterocycles. The third-order valence-corrected chi connectivity index (χ3v) is 0.784. The summed E-state index contributed by atoms with van der Waals surface area (Å²) in [6, 6.07) is 0. The van der Waals surface area contributed by atoms with Gasteiger partial charge in [-0.2, -0.15) is 0 Å². The van der Waals surface area contributed by atoms with E-state index < -0.39 is 0 Å². The number of ether oxygens (including phenoxy) is 1. The number of hydrogen-bond donors (Lipinski definition) is 0. The molecule has 0 aliphatic heterocycles. The molecule has 0 fully saturated rings. The van der Waals surface area contributed by atoms with Crippen molar-refractivity contribution in [2.75, 3.05) is 7.11 Å². The van der Waals surface area contributed by atoms with E-state index in [1.807, 2.05) is 0 Å². The number of rotatable bonds is 3. The molecule has 6 heteroatoms. The Morgan fingerprint density at radius 1 is 1.25 bits per heavy atom. The summed E-state index contributed by atoms with van der Waals surface area (Å²) in [5.41, 5.74) is 0. The Balaban J connectivity index is -0.0000000498. The fourth-order valence-corrected chi connectivity index (χ4v) is 0.344. The fraction of sp³-hybridized carbons (Fsp3) is 0.200. The summed E-state index contributed by atoms with van der Waals surface area (Å²) in [5.74, 6) is -0.229. The first-order valence-electron chi connectivity index (χ1n) is 3.27. The summed E-state index contributed by atoms with van der Waals surface area (Å²) < 4.78 is 26.9. The molecule has 0 N–H and O–H groups in total. The molecular weight excluding hydrogens is 256 g/mol. The molecule has 0 radical (unpaired) electrons. The topological polar surface area (TPSA) is 86.0 Å². The first-order valence-corrected chi connectivity index (χ1v) is 3.27. The van der Waals surface area contributed by atoms with Gasteiger partial charge in [0, 0.05) is 17.1 Å². The molecule has 0 bridgehead atoms. The summed E-state index contributed by atoms with van der Waals surface area (Å²) in [7, 11) is 1.37. The summed E-state index contributed by atoms with van der Waals surface area (Å²) in [4.78, 5) is 10.4. The van der Waals surface area contributed by atoms with Crippen molar-refractivity contribution in [3.63, 3.8) is 0 Å². The zero-order valence-corrected chi connectivity index (χ0v) is 9.65. The first kappa shape index (κ1) is 29.3. The maximum Gasteiger partial charge on any atom is 0 e. The van der Waals surface area contributed by atoms with Gasteiger partial charge < -0.3 is 4.74 Å². The third kappa shape index (κ3) is 53.6. The van der Waals surface area contributed by atoms with Crippen LogP contribution in [0.4, 0.5) is 0 Å². The molecule has 0 saturated carbocycles.